The van der Waals surface area contributed by atoms with E-state index in [9.17, 15) is 4.79 Å². The molecule has 0 unspecified atom stereocenters. The Kier molecular flexibility index (Phi) is 3.84. The highest BCUT2D eigenvalue weighted by Gasteiger charge is 2.08. The first-order chi connectivity index (χ1) is 8.66. The monoisotopic (exact) mass is 262 g/mol. The Morgan fingerprint density at radius 3 is 2.83 bits per heavy atom. The Hall–Kier alpha value is -2.01. The molecule has 1 amide bonds. The lowest BCUT2D eigenvalue weighted by atomic mass is 10.1. The first-order valence-electron chi connectivity index (χ1n) is 5.32. The SMILES string of the molecule is Cc1ccncc1CNC(=O)c1cnc(Cl)cn1. The molecule has 1 N–H and O–H groups in total. The predicted octanol–water partition coefficient (Wildman–Crippen LogP) is 1.76. The molecular weight excluding hydrogens is 252 g/mol. The van der Waals surface area contributed by atoms with E-state index < -0.39 is 0 Å². The Bertz CT molecular complexity index is 556. The van der Waals surface area contributed by atoms with E-state index in [0.717, 1.165) is 11.1 Å². The highest BCUT2D eigenvalue weighted by atomic mass is 35.5. The van der Waals surface area contributed by atoms with Crippen molar-refractivity contribution in [3.8, 4) is 0 Å². The van der Waals surface area contributed by atoms with Crippen LogP contribution >= 0.6 is 11.6 Å². The molecule has 0 atom stereocenters. The lowest BCUT2D eigenvalue weighted by Crippen LogP contribution is -2.24. The zero-order valence-electron chi connectivity index (χ0n) is 9.72. The van der Waals surface area contributed by atoms with Gasteiger partial charge >= 0.3 is 0 Å². The molecule has 0 aliphatic rings. The van der Waals surface area contributed by atoms with E-state index >= 15 is 0 Å². The summed E-state index contributed by atoms with van der Waals surface area (Å²) in [5, 5.41) is 3.01. The number of carbonyl (C=O) groups is 1. The van der Waals surface area contributed by atoms with E-state index in [4.69, 9.17) is 11.6 Å². The van der Waals surface area contributed by atoms with Crippen LogP contribution in [0.1, 0.15) is 21.6 Å². The van der Waals surface area contributed by atoms with Crippen molar-refractivity contribution in [3.05, 3.63) is 52.8 Å². The molecule has 2 aromatic heterocycles. The molecule has 0 aromatic carbocycles. The molecule has 5 nitrogen and oxygen atoms in total. The van der Waals surface area contributed by atoms with Gasteiger partial charge in [0.1, 0.15) is 10.8 Å². The molecule has 0 radical (unpaired) electrons. The van der Waals surface area contributed by atoms with Crippen LogP contribution in [-0.4, -0.2) is 20.9 Å². The number of hydrogen-bond donors (Lipinski definition) is 1. The minimum absolute atomic E-state index is 0.237. The second-order valence-electron chi connectivity index (χ2n) is 3.71. The van der Waals surface area contributed by atoms with E-state index in [1.165, 1.54) is 12.4 Å². The summed E-state index contributed by atoms with van der Waals surface area (Å²) >= 11 is 5.60. The number of carbonyl (C=O) groups excluding carboxylic acids is 1. The summed E-state index contributed by atoms with van der Waals surface area (Å²) in [5.74, 6) is -0.289. The fourth-order valence-corrected chi connectivity index (χ4v) is 1.47. The summed E-state index contributed by atoms with van der Waals surface area (Å²) in [5.41, 5.74) is 2.28. The number of aromatic nitrogens is 3. The minimum atomic E-state index is -0.289. The van der Waals surface area contributed by atoms with Gasteiger partial charge in [-0.25, -0.2) is 9.97 Å². The number of rotatable bonds is 3. The van der Waals surface area contributed by atoms with Gasteiger partial charge in [0.15, 0.2) is 0 Å². The first kappa shape index (κ1) is 12.4. The molecule has 0 saturated carbocycles. The van der Waals surface area contributed by atoms with Crippen LogP contribution < -0.4 is 5.32 Å². The summed E-state index contributed by atoms with van der Waals surface area (Å²) in [6, 6.07) is 1.89. The van der Waals surface area contributed by atoms with E-state index in [1.54, 1.807) is 12.4 Å². The number of aryl methyl sites for hydroxylation is 1. The standard InChI is InChI=1S/C12H11ClN4O/c1-8-2-3-14-4-9(8)5-17-12(18)10-6-16-11(13)7-15-10/h2-4,6-7H,5H2,1H3,(H,17,18). The third kappa shape index (κ3) is 3.01. The van der Waals surface area contributed by atoms with E-state index in [0.29, 0.717) is 6.54 Å². The van der Waals surface area contributed by atoms with Crippen molar-refractivity contribution in [2.45, 2.75) is 13.5 Å². The van der Waals surface area contributed by atoms with Crippen molar-refractivity contribution in [2.24, 2.45) is 0 Å². The number of nitrogens with zero attached hydrogens (tertiary/aromatic N) is 3. The van der Waals surface area contributed by atoms with Crippen LogP contribution in [0.5, 0.6) is 0 Å². The number of amides is 1. The van der Waals surface area contributed by atoms with Gasteiger partial charge in [0.2, 0.25) is 0 Å². The second-order valence-corrected chi connectivity index (χ2v) is 4.10. The minimum Gasteiger partial charge on any atom is -0.347 e. The largest absolute Gasteiger partial charge is 0.347 e. The zero-order chi connectivity index (χ0) is 13.0. The molecule has 0 spiro atoms. The van der Waals surface area contributed by atoms with Gasteiger partial charge in [0, 0.05) is 18.9 Å². The van der Waals surface area contributed by atoms with Crippen molar-refractivity contribution in [1.29, 1.82) is 0 Å². The topological polar surface area (TPSA) is 67.8 Å². The van der Waals surface area contributed by atoms with Crippen molar-refractivity contribution in [2.75, 3.05) is 0 Å². The molecule has 0 aliphatic heterocycles. The third-order valence-corrected chi connectivity index (χ3v) is 2.64. The van der Waals surface area contributed by atoms with Crippen LogP contribution in [0, 0.1) is 6.92 Å². The molecule has 0 bridgehead atoms. The van der Waals surface area contributed by atoms with Gasteiger partial charge in [-0.05, 0) is 24.1 Å². The second kappa shape index (κ2) is 5.55. The Morgan fingerprint density at radius 1 is 1.33 bits per heavy atom. The maximum absolute atomic E-state index is 11.8. The average molecular weight is 263 g/mol. The average Bonchev–Trinajstić information content (AvgIpc) is 2.38. The van der Waals surface area contributed by atoms with Crippen LogP contribution in [0.2, 0.25) is 5.15 Å². The number of halogens is 1. The van der Waals surface area contributed by atoms with E-state index in [-0.39, 0.29) is 16.8 Å². The summed E-state index contributed by atoms with van der Waals surface area (Å²) in [6.07, 6.45) is 6.12. The van der Waals surface area contributed by atoms with Gasteiger partial charge in [-0.3, -0.25) is 9.78 Å². The van der Waals surface area contributed by atoms with Crippen LogP contribution in [0.25, 0.3) is 0 Å². The van der Waals surface area contributed by atoms with Gasteiger partial charge in [0.05, 0.1) is 12.4 Å². The van der Waals surface area contributed by atoms with Crippen LogP contribution in [0.3, 0.4) is 0 Å². The molecule has 0 aliphatic carbocycles. The molecule has 2 aromatic rings. The van der Waals surface area contributed by atoms with E-state index in [1.807, 2.05) is 13.0 Å². The van der Waals surface area contributed by atoms with Crippen LogP contribution in [-0.2, 0) is 6.54 Å². The van der Waals surface area contributed by atoms with Crippen LogP contribution in [0.15, 0.2) is 30.9 Å². The van der Waals surface area contributed by atoms with E-state index in [2.05, 4.69) is 20.3 Å². The normalized spacial score (nSPS) is 10.1. The van der Waals surface area contributed by atoms with Crippen LogP contribution in [0.4, 0.5) is 0 Å². The van der Waals surface area contributed by atoms with Crippen molar-refractivity contribution < 1.29 is 4.79 Å². The molecule has 0 fully saturated rings. The Labute approximate surface area is 109 Å². The maximum atomic E-state index is 11.8. The number of nitrogens with one attached hydrogen (secondary N) is 1. The van der Waals surface area contributed by atoms with Gasteiger partial charge in [-0.1, -0.05) is 11.6 Å². The van der Waals surface area contributed by atoms with Gasteiger partial charge < -0.3 is 5.32 Å². The summed E-state index contributed by atoms with van der Waals surface area (Å²) in [7, 11) is 0. The predicted molar refractivity (Wildman–Crippen MR) is 67.2 cm³/mol. The molecular formula is C12H11ClN4O. The Balaban J connectivity index is 2.01. The highest BCUT2D eigenvalue weighted by molar-refractivity contribution is 6.29. The fourth-order valence-electron chi connectivity index (χ4n) is 1.38. The number of hydrogen-bond acceptors (Lipinski definition) is 4. The third-order valence-electron chi connectivity index (χ3n) is 2.44. The molecule has 6 heteroatoms. The summed E-state index contributed by atoms with van der Waals surface area (Å²) in [6.45, 7) is 2.37. The summed E-state index contributed by atoms with van der Waals surface area (Å²) in [4.78, 5) is 23.5. The smallest absolute Gasteiger partial charge is 0.271 e. The molecule has 18 heavy (non-hydrogen) atoms. The van der Waals surface area contributed by atoms with Crippen molar-refractivity contribution in [3.63, 3.8) is 0 Å². The van der Waals surface area contributed by atoms with Crippen molar-refractivity contribution in [1.82, 2.24) is 20.3 Å². The molecule has 2 rings (SSSR count). The fraction of sp³-hybridized carbons (Fsp3) is 0.167. The molecule has 92 valence electrons. The van der Waals surface area contributed by atoms with Gasteiger partial charge in [-0.15, -0.1) is 0 Å². The van der Waals surface area contributed by atoms with Gasteiger partial charge in [0.25, 0.3) is 5.91 Å². The highest BCUT2D eigenvalue weighted by Crippen LogP contribution is 2.05. The molecule has 2 heterocycles. The first-order valence-corrected chi connectivity index (χ1v) is 5.70. The van der Waals surface area contributed by atoms with Gasteiger partial charge in [-0.2, -0.15) is 0 Å². The maximum Gasteiger partial charge on any atom is 0.271 e. The summed E-state index contributed by atoms with van der Waals surface area (Å²) < 4.78 is 0. The van der Waals surface area contributed by atoms with Crippen molar-refractivity contribution >= 4 is 17.5 Å². The number of pyridine rings is 1. The lowest BCUT2D eigenvalue weighted by molar-refractivity contribution is 0.0945. The zero-order valence-corrected chi connectivity index (χ0v) is 10.5. The Morgan fingerprint density at radius 2 is 2.17 bits per heavy atom. The molecule has 0 saturated heterocycles. The quantitative estimate of drug-likeness (QED) is 0.915. The lowest BCUT2D eigenvalue weighted by Gasteiger charge is -2.06.